The summed E-state index contributed by atoms with van der Waals surface area (Å²) in [5.41, 5.74) is 4.89. The highest BCUT2D eigenvalue weighted by molar-refractivity contribution is 5.83. The van der Waals surface area contributed by atoms with Crippen molar-refractivity contribution in [1.29, 1.82) is 0 Å². The van der Waals surface area contributed by atoms with Gasteiger partial charge in [0.25, 0.3) is 0 Å². The molecular weight excluding hydrogens is 358 g/mol. The molecule has 0 amide bonds. The number of aromatic hydroxyl groups is 1. The third kappa shape index (κ3) is 5.61. The van der Waals surface area contributed by atoms with Gasteiger partial charge in [-0.1, -0.05) is 61.1 Å². The van der Waals surface area contributed by atoms with Gasteiger partial charge in [0.2, 0.25) is 0 Å². The van der Waals surface area contributed by atoms with Gasteiger partial charge in [0.05, 0.1) is 6.61 Å². The minimum atomic E-state index is 0.285. The van der Waals surface area contributed by atoms with Gasteiger partial charge in [-0.25, -0.2) is 0 Å². The summed E-state index contributed by atoms with van der Waals surface area (Å²) in [4.78, 5) is 2.17. The summed E-state index contributed by atoms with van der Waals surface area (Å²) in [6.45, 7) is 3.95. The SMILES string of the molecule is CC/C(=C(/c1ccc(O)cc1)c1ccc(OCCCN(C)C)cc1)C1C=CC=C1. The number of phenols is 1. The summed E-state index contributed by atoms with van der Waals surface area (Å²) in [7, 11) is 4.15. The number of hydrogen-bond acceptors (Lipinski definition) is 3. The predicted molar refractivity (Wildman–Crippen MR) is 121 cm³/mol. The van der Waals surface area contributed by atoms with Gasteiger partial charge in [0.15, 0.2) is 0 Å². The number of hydrogen-bond donors (Lipinski definition) is 1. The zero-order valence-electron chi connectivity index (χ0n) is 17.6. The molecule has 152 valence electrons. The van der Waals surface area contributed by atoms with Gasteiger partial charge in [0, 0.05) is 12.5 Å². The molecule has 0 bridgehead atoms. The molecule has 3 heteroatoms. The molecular formula is C26H31NO2. The van der Waals surface area contributed by atoms with Gasteiger partial charge < -0.3 is 14.7 Å². The number of benzene rings is 2. The van der Waals surface area contributed by atoms with Crippen molar-refractivity contribution in [3.63, 3.8) is 0 Å². The monoisotopic (exact) mass is 389 g/mol. The van der Waals surface area contributed by atoms with Crippen LogP contribution in [0.25, 0.3) is 5.57 Å². The second-order valence-electron chi connectivity index (χ2n) is 7.63. The Kier molecular flexibility index (Phi) is 7.31. The molecule has 1 aliphatic rings. The zero-order valence-corrected chi connectivity index (χ0v) is 17.6. The molecule has 0 fully saturated rings. The summed E-state index contributed by atoms with van der Waals surface area (Å²) in [6, 6.07) is 15.9. The van der Waals surface area contributed by atoms with E-state index in [4.69, 9.17) is 4.74 Å². The van der Waals surface area contributed by atoms with E-state index in [1.165, 1.54) is 16.7 Å². The Bertz CT molecular complexity index is 862. The Morgan fingerprint density at radius 1 is 0.931 bits per heavy atom. The van der Waals surface area contributed by atoms with Crippen LogP contribution < -0.4 is 4.74 Å². The summed E-state index contributed by atoms with van der Waals surface area (Å²) < 4.78 is 5.90. The topological polar surface area (TPSA) is 32.7 Å². The van der Waals surface area contributed by atoms with Crippen LogP contribution in [0.1, 0.15) is 30.9 Å². The van der Waals surface area contributed by atoms with E-state index in [-0.39, 0.29) is 5.75 Å². The van der Waals surface area contributed by atoms with Crippen LogP contribution >= 0.6 is 0 Å². The van der Waals surface area contributed by atoms with Crippen molar-refractivity contribution in [3.05, 3.63) is 89.5 Å². The molecule has 29 heavy (non-hydrogen) atoms. The fraction of sp³-hybridized carbons (Fsp3) is 0.308. The molecule has 2 aromatic rings. The van der Waals surface area contributed by atoms with Gasteiger partial charge >= 0.3 is 0 Å². The quantitative estimate of drug-likeness (QED) is 0.560. The first-order valence-corrected chi connectivity index (χ1v) is 10.3. The van der Waals surface area contributed by atoms with E-state index < -0.39 is 0 Å². The molecule has 0 saturated carbocycles. The van der Waals surface area contributed by atoms with E-state index in [0.717, 1.165) is 37.3 Å². The molecule has 0 heterocycles. The summed E-state index contributed by atoms with van der Waals surface area (Å²) in [5.74, 6) is 1.50. The molecule has 0 saturated heterocycles. The van der Waals surface area contributed by atoms with Crippen LogP contribution in [-0.4, -0.2) is 37.3 Å². The lowest BCUT2D eigenvalue weighted by Gasteiger charge is -2.19. The fourth-order valence-corrected chi connectivity index (χ4v) is 3.70. The van der Waals surface area contributed by atoms with E-state index >= 15 is 0 Å². The molecule has 0 spiro atoms. The first kappa shape index (κ1) is 20.9. The average Bonchev–Trinajstić information content (AvgIpc) is 3.25. The maximum Gasteiger partial charge on any atom is 0.119 e. The highest BCUT2D eigenvalue weighted by Gasteiger charge is 2.17. The Morgan fingerprint density at radius 3 is 2.07 bits per heavy atom. The van der Waals surface area contributed by atoms with Crippen LogP contribution in [0.2, 0.25) is 0 Å². The van der Waals surface area contributed by atoms with Crippen LogP contribution in [0, 0.1) is 5.92 Å². The van der Waals surface area contributed by atoms with Crippen molar-refractivity contribution in [1.82, 2.24) is 4.90 Å². The predicted octanol–water partition coefficient (Wildman–Crippen LogP) is 5.68. The van der Waals surface area contributed by atoms with E-state index in [0.29, 0.717) is 5.92 Å². The van der Waals surface area contributed by atoms with Gasteiger partial charge in [-0.15, -0.1) is 0 Å². The summed E-state index contributed by atoms with van der Waals surface area (Å²) in [6.07, 6.45) is 10.7. The fourth-order valence-electron chi connectivity index (χ4n) is 3.70. The van der Waals surface area contributed by atoms with Gasteiger partial charge in [-0.2, -0.15) is 0 Å². The van der Waals surface area contributed by atoms with Gasteiger partial charge in [-0.3, -0.25) is 0 Å². The molecule has 3 nitrogen and oxygen atoms in total. The highest BCUT2D eigenvalue weighted by Crippen LogP contribution is 2.36. The third-order valence-electron chi connectivity index (χ3n) is 5.17. The van der Waals surface area contributed by atoms with Crippen molar-refractivity contribution in [3.8, 4) is 11.5 Å². The molecule has 2 aromatic carbocycles. The molecule has 0 aliphatic heterocycles. The zero-order chi connectivity index (χ0) is 20.6. The number of rotatable bonds is 9. The normalized spacial score (nSPS) is 14.5. The maximum absolute atomic E-state index is 9.73. The lowest BCUT2D eigenvalue weighted by molar-refractivity contribution is 0.281. The second kappa shape index (κ2) is 10.1. The lowest BCUT2D eigenvalue weighted by atomic mass is 9.85. The number of nitrogens with zero attached hydrogens (tertiary/aromatic N) is 1. The molecule has 1 N–H and O–H groups in total. The second-order valence-corrected chi connectivity index (χ2v) is 7.63. The van der Waals surface area contributed by atoms with Crippen molar-refractivity contribution in [2.45, 2.75) is 19.8 Å². The van der Waals surface area contributed by atoms with Crippen molar-refractivity contribution in [2.24, 2.45) is 5.92 Å². The van der Waals surface area contributed by atoms with Gasteiger partial charge in [-0.05, 0) is 67.9 Å². The van der Waals surface area contributed by atoms with Crippen LogP contribution in [0.4, 0.5) is 0 Å². The van der Waals surface area contributed by atoms with Crippen LogP contribution in [0.5, 0.6) is 11.5 Å². The average molecular weight is 390 g/mol. The standard InChI is InChI=1S/C26H31NO2/c1-4-25(20-8-5-6-9-20)26(21-10-14-23(28)15-11-21)22-12-16-24(17-13-22)29-19-7-18-27(2)3/h5-6,8-17,20,28H,4,7,18-19H2,1-3H3/b26-25+. The number of allylic oxidation sites excluding steroid dienone is 5. The number of ether oxygens (including phenoxy) is 1. The van der Waals surface area contributed by atoms with Crippen LogP contribution in [-0.2, 0) is 0 Å². The first-order chi connectivity index (χ1) is 14.1. The minimum absolute atomic E-state index is 0.285. The van der Waals surface area contributed by atoms with E-state index in [1.807, 2.05) is 12.1 Å². The summed E-state index contributed by atoms with van der Waals surface area (Å²) in [5, 5.41) is 9.73. The Balaban J connectivity index is 1.89. The highest BCUT2D eigenvalue weighted by atomic mass is 16.5. The molecule has 0 unspecified atom stereocenters. The van der Waals surface area contributed by atoms with E-state index in [1.54, 1.807) is 12.1 Å². The molecule has 3 rings (SSSR count). The number of phenolic OH excluding ortho intramolecular Hbond substituents is 1. The minimum Gasteiger partial charge on any atom is -0.508 e. The Hall–Kier alpha value is -2.78. The largest absolute Gasteiger partial charge is 0.508 e. The Labute approximate surface area is 174 Å². The van der Waals surface area contributed by atoms with E-state index in [9.17, 15) is 5.11 Å². The van der Waals surface area contributed by atoms with Crippen LogP contribution in [0.15, 0.2) is 78.4 Å². The Morgan fingerprint density at radius 2 is 1.52 bits per heavy atom. The summed E-state index contributed by atoms with van der Waals surface area (Å²) >= 11 is 0. The molecule has 1 aliphatic carbocycles. The van der Waals surface area contributed by atoms with Gasteiger partial charge in [0.1, 0.15) is 11.5 Å². The smallest absolute Gasteiger partial charge is 0.119 e. The van der Waals surface area contributed by atoms with Crippen molar-refractivity contribution in [2.75, 3.05) is 27.2 Å². The lowest BCUT2D eigenvalue weighted by Crippen LogP contribution is -2.15. The molecule has 0 aromatic heterocycles. The molecule has 0 atom stereocenters. The van der Waals surface area contributed by atoms with E-state index in [2.05, 4.69) is 74.5 Å². The van der Waals surface area contributed by atoms with Crippen molar-refractivity contribution >= 4 is 5.57 Å². The maximum atomic E-state index is 9.73. The van der Waals surface area contributed by atoms with Crippen LogP contribution in [0.3, 0.4) is 0 Å². The first-order valence-electron chi connectivity index (χ1n) is 10.3. The van der Waals surface area contributed by atoms with Crippen molar-refractivity contribution < 1.29 is 9.84 Å². The molecule has 0 radical (unpaired) electrons. The third-order valence-corrected chi connectivity index (χ3v) is 5.17.